The average Bonchev–Trinajstić information content (AvgIpc) is 2.97. The van der Waals surface area contributed by atoms with Gasteiger partial charge in [0.05, 0.1) is 0 Å². The number of nitrogens with zero attached hydrogens (tertiary/aromatic N) is 4. The molecule has 0 aliphatic carbocycles. The molecule has 0 aromatic carbocycles. The van der Waals surface area contributed by atoms with E-state index in [4.69, 9.17) is 14.8 Å². The first-order valence-electron chi connectivity index (χ1n) is 7.01. The third-order valence-electron chi connectivity index (χ3n) is 3.57. The first-order valence-corrected chi connectivity index (χ1v) is 7.01. The van der Waals surface area contributed by atoms with Crippen LogP contribution in [0.4, 0.5) is 0 Å². The summed E-state index contributed by atoms with van der Waals surface area (Å²) in [4.78, 5) is 8.51. The lowest BCUT2D eigenvalue weighted by Gasteiger charge is -2.21. The van der Waals surface area contributed by atoms with Gasteiger partial charge in [0.25, 0.3) is 0 Å². The van der Waals surface area contributed by atoms with Gasteiger partial charge in [-0.25, -0.2) is 9.67 Å². The number of hydrogen-bond acceptors (Lipinski definition) is 6. The van der Waals surface area contributed by atoms with Crippen molar-refractivity contribution in [3.63, 3.8) is 0 Å². The maximum absolute atomic E-state index is 9.15. The standard InChI is InChI=1S/C13H17BN4O3/c1-9-6-10(14(19)20)7-15-12(9)13-16-8-18(17-13)11-4-2-3-5-21-11/h6-8,11,19-20H,2-5H2,1H3. The molecule has 8 heteroatoms. The molecule has 1 saturated heterocycles. The monoisotopic (exact) mass is 288 g/mol. The zero-order chi connectivity index (χ0) is 14.8. The van der Waals surface area contributed by atoms with E-state index in [2.05, 4.69) is 15.1 Å². The molecule has 21 heavy (non-hydrogen) atoms. The van der Waals surface area contributed by atoms with Crippen molar-refractivity contribution in [1.82, 2.24) is 19.7 Å². The summed E-state index contributed by atoms with van der Waals surface area (Å²) in [6.45, 7) is 2.59. The molecule has 2 N–H and O–H groups in total. The van der Waals surface area contributed by atoms with Crippen molar-refractivity contribution in [2.45, 2.75) is 32.4 Å². The molecule has 0 saturated carbocycles. The molecule has 2 aromatic heterocycles. The van der Waals surface area contributed by atoms with Crippen molar-refractivity contribution in [1.29, 1.82) is 0 Å². The Morgan fingerprint density at radius 3 is 2.86 bits per heavy atom. The molecule has 1 fully saturated rings. The highest BCUT2D eigenvalue weighted by Crippen LogP contribution is 2.23. The first-order chi connectivity index (χ1) is 10.1. The summed E-state index contributed by atoms with van der Waals surface area (Å²) in [6, 6.07) is 1.67. The van der Waals surface area contributed by atoms with Crippen LogP contribution in [0.2, 0.25) is 0 Å². The molecule has 1 aliphatic heterocycles. The van der Waals surface area contributed by atoms with Gasteiger partial charge in [0.15, 0.2) is 12.1 Å². The van der Waals surface area contributed by atoms with Gasteiger partial charge in [-0.3, -0.25) is 4.98 Å². The van der Waals surface area contributed by atoms with Crippen molar-refractivity contribution < 1.29 is 14.8 Å². The second-order valence-corrected chi connectivity index (χ2v) is 5.18. The zero-order valence-corrected chi connectivity index (χ0v) is 11.8. The van der Waals surface area contributed by atoms with Crippen LogP contribution in [0.25, 0.3) is 11.5 Å². The van der Waals surface area contributed by atoms with E-state index in [0.717, 1.165) is 31.4 Å². The van der Waals surface area contributed by atoms with Gasteiger partial charge in [-0.2, -0.15) is 0 Å². The van der Waals surface area contributed by atoms with Crippen LogP contribution in [-0.4, -0.2) is 43.5 Å². The van der Waals surface area contributed by atoms with Crippen LogP contribution < -0.4 is 5.46 Å². The van der Waals surface area contributed by atoms with E-state index in [0.29, 0.717) is 17.0 Å². The molecule has 7 nitrogen and oxygen atoms in total. The topological polar surface area (TPSA) is 93.3 Å². The van der Waals surface area contributed by atoms with Crippen molar-refractivity contribution in [2.75, 3.05) is 6.61 Å². The number of pyridine rings is 1. The van der Waals surface area contributed by atoms with Crippen LogP contribution in [0.15, 0.2) is 18.6 Å². The molecule has 110 valence electrons. The summed E-state index contributed by atoms with van der Waals surface area (Å²) < 4.78 is 7.39. The van der Waals surface area contributed by atoms with E-state index in [1.54, 1.807) is 17.1 Å². The highest BCUT2D eigenvalue weighted by atomic mass is 16.5. The highest BCUT2D eigenvalue weighted by molar-refractivity contribution is 6.58. The number of aryl methyl sites for hydroxylation is 1. The number of aromatic nitrogens is 4. The Bertz CT molecular complexity index is 626. The van der Waals surface area contributed by atoms with Gasteiger partial charge in [-0.05, 0) is 31.7 Å². The van der Waals surface area contributed by atoms with Crippen LogP contribution in [0.3, 0.4) is 0 Å². The minimum atomic E-state index is -1.52. The number of hydrogen-bond donors (Lipinski definition) is 2. The van der Waals surface area contributed by atoms with E-state index in [9.17, 15) is 0 Å². The van der Waals surface area contributed by atoms with Gasteiger partial charge >= 0.3 is 7.12 Å². The SMILES string of the molecule is Cc1cc(B(O)O)cnc1-c1ncn(C2CCCCO2)n1. The predicted molar refractivity (Wildman–Crippen MR) is 76.7 cm³/mol. The molecule has 0 amide bonds. The Morgan fingerprint density at radius 2 is 2.19 bits per heavy atom. The van der Waals surface area contributed by atoms with Crippen molar-refractivity contribution in [3.05, 3.63) is 24.2 Å². The third kappa shape index (κ3) is 2.97. The summed E-state index contributed by atoms with van der Waals surface area (Å²) in [5.41, 5.74) is 1.78. The summed E-state index contributed by atoms with van der Waals surface area (Å²) in [7, 11) is -1.52. The second kappa shape index (κ2) is 5.93. The summed E-state index contributed by atoms with van der Waals surface area (Å²) >= 11 is 0. The number of rotatable bonds is 3. The van der Waals surface area contributed by atoms with Crippen molar-refractivity contribution in [2.24, 2.45) is 0 Å². The Labute approximate surface area is 122 Å². The molecule has 0 spiro atoms. The van der Waals surface area contributed by atoms with Crippen molar-refractivity contribution in [3.8, 4) is 11.5 Å². The first kappa shape index (κ1) is 14.2. The fourth-order valence-corrected chi connectivity index (χ4v) is 2.43. The van der Waals surface area contributed by atoms with E-state index < -0.39 is 7.12 Å². The smallest absolute Gasteiger partial charge is 0.423 e. The fraction of sp³-hybridized carbons (Fsp3) is 0.462. The Hall–Kier alpha value is -1.77. The molecule has 1 unspecified atom stereocenters. The van der Waals surface area contributed by atoms with Crippen molar-refractivity contribution >= 4 is 12.6 Å². The van der Waals surface area contributed by atoms with Gasteiger partial charge in [0, 0.05) is 18.3 Å². The quantitative estimate of drug-likeness (QED) is 0.774. The van der Waals surface area contributed by atoms with Crippen LogP contribution >= 0.6 is 0 Å². The molecule has 1 atom stereocenters. The molecule has 3 heterocycles. The van der Waals surface area contributed by atoms with Gasteiger partial charge in [-0.15, -0.1) is 5.10 Å². The maximum atomic E-state index is 9.15. The molecular weight excluding hydrogens is 271 g/mol. The lowest BCUT2D eigenvalue weighted by atomic mass is 9.81. The highest BCUT2D eigenvalue weighted by Gasteiger charge is 2.19. The Kier molecular flexibility index (Phi) is 4.00. The van der Waals surface area contributed by atoms with E-state index >= 15 is 0 Å². The minimum Gasteiger partial charge on any atom is -0.423 e. The van der Waals surface area contributed by atoms with Crippen LogP contribution in [0.1, 0.15) is 31.1 Å². The summed E-state index contributed by atoms with van der Waals surface area (Å²) in [5.74, 6) is 0.514. The molecule has 0 radical (unpaired) electrons. The fourth-order valence-electron chi connectivity index (χ4n) is 2.43. The Balaban J connectivity index is 1.85. The molecular formula is C13H17BN4O3. The molecule has 2 aromatic rings. The van der Waals surface area contributed by atoms with Crippen LogP contribution in [0.5, 0.6) is 0 Å². The minimum absolute atomic E-state index is 0.0566. The second-order valence-electron chi connectivity index (χ2n) is 5.18. The molecule has 0 bridgehead atoms. The van der Waals surface area contributed by atoms with Gasteiger partial charge in [0.2, 0.25) is 0 Å². The van der Waals surface area contributed by atoms with Gasteiger partial charge in [0.1, 0.15) is 12.0 Å². The van der Waals surface area contributed by atoms with E-state index in [1.165, 1.54) is 6.20 Å². The number of ether oxygens (including phenoxy) is 1. The average molecular weight is 288 g/mol. The van der Waals surface area contributed by atoms with Gasteiger partial charge in [-0.1, -0.05) is 6.07 Å². The lowest BCUT2D eigenvalue weighted by Crippen LogP contribution is -2.30. The summed E-state index contributed by atoms with van der Waals surface area (Å²) in [6.07, 6.45) is 6.17. The largest absolute Gasteiger partial charge is 0.490 e. The van der Waals surface area contributed by atoms with E-state index in [-0.39, 0.29) is 6.23 Å². The molecule has 1 aliphatic rings. The predicted octanol–water partition coefficient (Wildman–Crippen LogP) is 0.0274. The van der Waals surface area contributed by atoms with Crippen LogP contribution in [0, 0.1) is 6.92 Å². The lowest BCUT2D eigenvalue weighted by molar-refractivity contribution is -0.0395. The molecule has 3 rings (SSSR count). The maximum Gasteiger partial charge on any atom is 0.490 e. The van der Waals surface area contributed by atoms with Gasteiger partial charge < -0.3 is 14.8 Å². The summed E-state index contributed by atoms with van der Waals surface area (Å²) in [5, 5.41) is 22.7. The Morgan fingerprint density at radius 1 is 1.33 bits per heavy atom. The van der Waals surface area contributed by atoms with Crippen LogP contribution in [-0.2, 0) is 4.74 Å². The third-order valence-corrected chi connectivity index (χ3v) is 3.57. The zero-order valence-electron chi connectivity index (χ0n) is 11.8. The van der Waals surface area contributed by atoms with E-state index in [1.807, 2.05) is 6.92 Å². The normalized spacial score (nSPS) is 18.7.